The van der Waals surface area contributed by atoms with Gasteiger partial charge in [0, 0.05) is 25.9 Å². The summed E-state index contributed by atoms with van der Waals surface area (Å²) in [5.74, 6) is 0.337. The summed E-state index contributed by atoms with van der Waals surface area (Å²) in [6, 6.07) is 7.30. The summed E-state index contributed by atoms with van der Waals surface area (Å²) < 4.78 is 22.4. The van der Waals surface area contributed by atoms with E-state index in [2.05, 4.69) is 23.2 Å². The maximum atomic E-state index is 12.1. The van der Waals surface area contributed by atoms with Crippen LogP contribution in [0.25, 0.3) is 0 Å². The molecule has 1 saturated heterocycles. The molecule has 26 heavy (non-hydrogen) atoms. The molecule has 6 nitrogen and oxygen atoms in total. The molecule has 2 atom stereocenters. The molecule has 0 bridgehead atoms. The highest BCUT2D eigenvalue weighted by atomic mass is 32.2. The quantitative estimate of drug-likeness (QED) is 0.708. The zero-order valence-electron chi connectivity index (χ0n) is 15.8. The second-order valence-electron chi connectivity index (χ2n) is 7.49. The number of rotatable bonds is 8. The van der Waals surface area contributed by atoms with Crippen LogP contribution in [0.1, 0.15) is 37.3 Å². The predicted octanol–water partition coefficient (Wildman–Crippen LogP) is 1.30. The number of nitrogens with two attached hydrogens (primary N) is 1. The minimum absolute atomic E-state index is 0.0781. The predicted molar refractivity (Wildman–Crippen MR) is 104 cm³/mol. The van der Waals surface area contributed by atoms with Crippen LogP contribution < -0.4 is 11.1 Å². The van der Waals surface area contributed by atoms with E-state index >= 15 is 0 Å². The number of hydrogen-bond donors (Lipinski definition) is 2. The second kappa shape index (κ2) is 9.48. The number of nitrogens with one attached hydrogen (secondary N) is 1. The van der Waals surface area contributed by atoms with Crippen molar-refractivity contribution in [3.63, 3.8) is 0 Å². The van der Waals surface area contributed by atoms with Gasteiger partial charge < -0.3 is 11.1 Å². The van der Waals surface area contributed by atoms with Gasteiger partial charge >= 0.3 is 0 Å². The van der Waals surface area contributed by atoms with E-state index in [1.165, 1.54) is 18.4 Å². The van der Waals surface area contributed by atoms with Gasteiger partial charge in [-0.15, -0.1) is 0 Å². The van der Waals surface area contributed by atoms with Crippen molar-refractivity contribution in [2.45, 2.75) is 45.3 Å². The highest BCUT2D eigenvalue weighted by Gasteiger charge is 2.18. The molecule has 1 aliphatic rings. The van der Waals surface area contributed by atoms with Crippen LogP contribution in [0.4, 0.5) is 0 Å². The lowest BCUT2D eigenvalue weighted by molar-refractivity contribution is -0.122. The summed E-state index contributed by atoms with van der Waals surface area (Å²) in [4.78, 5) is 14.6. The zero-order chi connectivity index (χ0) is 19.2. The first-order valence-electron chi connectivity index (χ1n) is 9.25. The molecular formula is C19H31N3O3S. The van der Waals surface area contributed by atoms with Crippen molar-refractivity contribution in [3.05, 3.63) is 35.4 Å². The highest BCUT2D eigenvalue weighted by molar-refractivity contribution is 7.90. The van der Waals surface area contributed by atoms with Gasteiger partial charge in [-0.05, 0) is 42.9 Å². The van der Waals surface area contributed by atoms with Crippen molar-refractivity contribution < 1.29 is 13.2 Å². The minimum Gasteiger partial charge on any atom is -0.351 e. The first kappa shape index (κ1) is 20.9. The monoisotopic (exact) mass is 381 g/mol. The van der Waals surface area contributed by atoms with Gasteiger partial charge in [-0.1, -0.05) is 31.2 Å². The molecule has 1 amide bonds. The molecule has 7 heteroatoms. The maximum absolute atomic E-state index is 12.1. The standard InChI is InChI=1S/C19H31N3O3S/c1-15-6-5-10-22(13-15)14-17-8-4-3-7-16(17)12-21-19(23)18(20)9-11-26(2,24)25/h3-4,7-8,15,18H,5-6,9-14,20H2,1-2H3,(H,21,23). The molecule has 0 aliphatic carbocycles. The average Bonchev–Trinajstić information content (AvgIpc) is 2.58. The molecule has 3 N–H and O–H groups in total. The molecule has 1 fully saturated rings. The SMILES string of the molecule is CC1CCCN(Cc2ccccc2CNC(=O)C(N)CCS(C)(=O)=O)C1. The van der Waals surface area contributed by atoms with Crippen molar-refractivity contribution >= 4 is 15.7 Å². The fraction of sp³-hybridized carbons (Fsp3) is 0.632. The van der Waals surface area contributed by atoms with Crippen molar-refractivity contribution in [2.24, 2.45) is 11.7 Å². The first-order chi connectivity index (χ1) is 12.2. The van der Waals surface area contributed by atoms with Crippen molar-refractivity contribution in [1.82, 2.24) is 10.2 Å². The summed E-state index contributed by atoms with van der Waals surface area (Å²) in [6.07, 6.45) is 3.81. The lowest BCUT2D eigenvalue weighted by Gasteiger charge is -2.31. The van der Waals surface area contributed by atoms with Crippen LogP contribution >= 0.6 is 0 Å². The van der Waals surface area contributed by atoms with Crippen LogP contribution in [-0.4, -0.2) is 50.4 Å². The largest absolute Gasteiger partial charge is 0.351 e. The molecule has 2 rings (SSSR count). The van der Waals surface area contributed by atoms with E-state index in [0.717, 1.165) is 37.4 Å². The lowest BCUT2D eigenvalue weighted by Crippen LogP contribution is -2.41. The van der Waals surface area contributed by atoms with Gasteiger partial charge in [0.2, 0.25) is 5.91 Å². The number of carbonyl (C=O) groups is 1. The molecule has 1 aromatic rings. The molecule has 146 valence electrons. The molecule has 2 unspecified atom stereocenters. The number of piperidine rings is 1. The molecule has 0 saturated carbocycles. The third-order valence-corrected chi connectivity index (χ3v) is 5.82. The van der Waals surface area contributed by atoms with Crippen molar-refractivity contribution in [3.8, 4) is 0 Å². The maximum Gasteiger partial charge on any atom is 0.237 e. The van der Waals surface area contributed by atoms with Crippen LogP contribution in [0.15, 0.2) is 24.3 Å². The molecule has 1 heterocycles. The summed E-state index contributed by atoms with van der Waals surface area (Å²) in [7, 11) is -3.11. The third kappa shape index (κ3) is 7.05. The molecule has 0 aromatic heterocycles. The Balaban J connectivity index is 1.90. The number of carbonyl (C=O) groups excluding carboxylic acids is 1. The third-order valence-electron chi connectivity index (χ3n) is 4.84. The second-order valence-corrected chi connectivity index (χ2v) is 9.75. The number of amides is 1. The Hall–Kier alpha value is -1.44. The van der Waals surface area contributed by atoms with Crippen LogP contribution in [0, 0.1) is 5.92 Å². The topological polar surface area (TPSA) is 92.5 Å². The summed E-state index contributed by atoms with van der Waals surface area (Å²) in [5.41, 5.74) is 8.10. The average molecular weight is 382 g/mol. The van der Waals surface area contributed by atoms with Gasteiger partial charge in [-0.25, -0.2) is 8.42 Å². The van der Waals surface area contributed by atoms with E-state index in [1.54, 1.807) is 0 Å². The summed E-state index contributed by atoms with van der Waals surface area (Å²) in [6.45, 7) is 5.80. The Morgan fingerprint density at radius 1 is 1.35 bits per heavy atom. The minimum atomic E-state index is -3.11. The number of nitrogens with zero attached hydrogens (tertiary/aromatic N) is 1. The molecule has 1 aromatic carbocycles. The molecule has 0 spiro atoms. The van der Waals surface area contributed by atoms with Crippen molar-refractivity contribution in [2.75, 3.05) is 25.1 Å². The Bertz CT molecular complexity index is 706. The van der Waals surface area contributed by atoms with E-state index in [-0.39, 0.29) is 18.1 Å². The number of sulfone groups is 1. The Morgan fingerprint density at radius 2 is 2.04 bits per heavy atom. The number of benzene rings is 1. The van der Waals surface area contributed by atoms with Gasteiger partial charge in [0.1, 0.15) is 9.84 Å². The summed E-state index contributed by atoms with van der Waals surface area (Å²) in [5, 5.41) is 2.84. The van der Waals surface area contributed by atoms with E-state index in [4.69, 9.17) is 5.73 Å². The Labute approximate surface area is 157 Å². The highest BCUT2D eigenvalue weighted by Crippen LogP contribution is 2.19. The van der Waals surface area contributed by atoms with Crippen LogP contribution in [0.5, 0.6) is 0 Å². The fourth-order valence-electron chi connectivity index (χ4n) is 3.34. The molecule has 1 aliphatic heterocycles. The van der Waals surface area contributed by atoms with E-state index in [1.807, 2.05) is 18.2 Å². The van der Waals surface area contributed by atoms with E-state index < -0.39 is 15.9 Å². The molecule has 0 radical (unpaired) electrons. The first-order valence-corrected chi connectivity index (χ1v) is 11.3. The zero-order valence-corrected chi connectivity index (χ0v) is 16.6. The van der Waals surface area contributed by atoms with Gasteiger partial charge in [0.05, 0.1) is 11.8 Å². The van der Waals surface area contributed by atoms with Crippen LogP contribution in [0.3, 0.4) is 0 Å². The molecular weight excluding hydrogens is 350 g/mol. The Morgan fingerprint density at radius 3 is 2.69 bits per heavy atom. The normalized spacial score (nSPS) is 19.9. The van der Waals surface area contributed by atoms with E-state index in [9.17, 15) is 13.2 Å². The lowest BCUT2D eigenvalue weighted by atomic mass is 9.99. The van der Waals surface area contributed by atoms with Gasteiger partial charge in [-0.3, -0.25) is 9.69 Å². The van der Waals surface area contributed by atoms with Gasteiger partial charge in [0.15, 0.2) is 0 Å². The van der Waals surface area contributed by atoms with Crippen LogP contribution in [-0.2, 0) is 27.7 Å². The number of hydrogen-bond acceptors (Lipinski definition) is 5. The fourth-order valence-corrected chi connectivity index (χ4v) is 4.02. The van der Waals surface area contributed by atoms with Gasteiger partial charge in [0.25, 0.3) is 0 Å². The van der Waals surface area contributed by atoms with Crippen LogP contribution in [0.2, 0.25) is 0 Å². The smallest absolute Gasteiger partial charge is 0.237 e. The van der Waals surface area contributed by atoms with Gasteiger partial charge in [-0.2, -0.15) is 0 Å². The summed E-state index contributed by atoms with van der Waals surface area (Å²) >= 11 is 0. The Kier molecular flexibility index (Phi) is 7.61. The van der Waals surface area contributed by atoms with E-state index in [0.29, 0.717) is 6.54 Å². The number of likely N-dealkylation sites (tertiary alicyclic amines) is 1. The van der Waals surface area contributed by atoms with Crippen molar-refractivity contribution in [1.29, 1.82) is 0 Å².